The third kappa shape index (κ3) is 35.4. The number of allylic oxidation sites excluding steroid dienone is 2. The number of amides is 1. The molecular weight excluding hydrogens is 634 g/mol. The van der Waals surface area contributed by atoms with Crippen molar-refractivity contribution in [1.29, 1.82) is 0 Å². The van der Waals surface area contributed by atoms with Crippen LogP contribution in [0.5, 0.6) is 0 Å². The van der Waals surface area contributed by atoms with Gasteiger partial charge in [-0.05, 0) is 44.9 Å². The minimum absolute atomic E-state index is 0.0793. The van der Waals surface area contributed by atoms with Gasteiger partial charge in [-0.25, -0.2) is 0 Å². The number of hydrogen-bond donors (Lipinski definition) is 3. The van der Waals surface area contributed by atoms with Crippen LogP contribution in [0.25, 0.3) is 0 Å². The molecule has 3 atom stereocenters. The van der Waals surface area contributed by atoms with Gasteiger partial charge in [0.1, 0.15) is 6.10 Å². The maximum atomic E-state index is 13.1. The van der Waals surface area contributed by atoms with Crippen molar-refractivity contribution in [2.45, 2.75) is 257 Å². The summed E-state index contributed by atoms with van der Waals surface area (Å²) in [4.78, 5) is 25.8. The second-order valence-corrected chi connectivity index (χ2v) is 15.5. The molecule has 0 aromatic carbocycles. The van der Waals surface area contributed by atoms with Crippen LogP contribution < -0.4 is 5.32 Å². The second kappa shape index (κ2) is 39.8. The molecule has 0 fully saturated rings. The molecule has 0 heterocycles. The molecule has 6 heteroatoms. The minimum Gasteiger partial charge on any atom is -0.462 e. The molecule has 0 aromatic heterocycles. The lowest BCUT2D eigenvalue weighted by Gasteiger charge is -2.24. The molecule has 0 saturated carbocycles. The van der Waals surface area contributed by atoms with Crippen LogP contribution in [-0.4, -0.2) is 46.9 Å². The van der Waals surface area contributed by atoms with E-state index in [0.717, 1.165) is 51.4 Å². The molecule has 0 rings (SSSR count). The van der Waals surface area contributed by atoms with Crippen LogP contribution in [0.4, 0.5) is 0 Å². The zero-order valence-electron chi connectivity index (χ0n) is 34.3. The van der Waals surface area contributed by atoms with Crippen LogP contribution in [0, 0.1) is 0 Å². The first-order valence-corrected chi connectivity index (χ1v) is 22.4. The highest BCUT2D eigenvalue weighted by atomic mass is 16.5. The van der Waals surface area contributed by atoms with Gasteiger partial charge in [0.15, 0.2) is 0 Å². The Kier molecular flexibility index (Phi) is 38.7. The maximum absolute atomic E-state index is 13.1. The number of ether oxygens (including phenoxy) is 1. The minimum atomic E-state index is -0.780. The molecule has 302 valence electrons. The third-order valence-corrected chi connectivity index (χ3v) is 10.3. The van der Waals surface area contributed by atoms with E-state index in [1.54, 1.807) is 0 Å². The van der Waals surface area contributed by atoms with Crippen LogP contribution in [0.3, 0.4) is 0 Å². The molecule has 0 spiro atoms. The highest BCUT2D eigenvalue weighted by Crippen LogP contribution is 2.18. The van der Waals surface area contributed by atoms with Crippen LogP contribution in [0.2, 0.25) is 0 Å². The van der Waals surface area contributed by atoms with Crippen molar-refractivity contribution in [2.24, 2.45) is 0 Å². The molecule has 0 aliphatic rings. The molecule has 1 amide bonds. The fourth-order valence-electron chi connectivity index (χ4n) is 6.88. The maximum Gasteiger partial charge on any atom is 0.306 e. The monoisotopic (exact) mass is 722 g/mol. The Morgan fingerprint density at radius 2 is 0.961 bits per heavy atom. The Morgan fingerprint density at radius 1 is 0.549 bits per heavy atom. The average molecular weight is 722 g/mol. The summed E-state index contributed by atoms with van der Waals surface area (Å²) in [7, 11) is 0. The zero-order chi connectivity index (χ0) is 37.5. The van der Waals surface area contributed by atoms with Crippen molar-refractivity contribution in [1.82, 2.24) is 5.32 Å². The molecule has 0 bridgehead atoms. The molecule has 0 aliphatic heterocycles. The van der Waals surface area contributed by atoms with Gasteiger partial charge in [-0.3, -0.25) is 9.59 Å². The summed E-state index contributed by atoms with van der Waals surface area (Å²) in [5.41, 5.74) is 0. The van der Waals surface area contributed by atoms with E-state index in [4.69, 9.17) is 4.74 Å². The summed E-state index contributed by atoms with van der Waals surface area (Å²) in [6.07, 6.45) is 41.3. The van der Waals surface area contributed by atoms with E-state index in [1.807, 2.05) is 0 Å². The zero-order valence-corrected chi connectivity index (χ0v) is 34.3. The van der Waals surface area contributed by atoms with Crippen molar-refractivity contribution in [2.75, 3.05) is 6.61 Å². The molecule has 0 saturated heterocycles. The first-order valence-electron chi connectivity index (χ1n) is 22.4. The molecule has 0 aromatic rings. The van der Waals surface area contributed by atoms with Crippen molar-refractivity contribution in [3.05, 3.63) is 12.2 Å². The largest absolute Gasteiger partial charge is 0.462 e. The van der Waals surface area contributed by atoms with Gasteiger partial charge in [-0.2, -0.15) is 0 Å². The number of aliphatic hydroxyl groups is 2. The smallest absolute Gasteiger partial charge is 0.306 e. The predicted molar refractivity (Wildman–Crippen MR) is 218 cm³/mol. The van der Waals surface area contributed by atoms with E-state index >= 15 is 0 Å². The Morgan fingerprint density at radius 3 is 1.45 bits per heavy atom. The lowest BCUT2D eigenvalue weighted by atomic mass is 10.0. The topological polar surface area (TPSA) is 95.9 Å². The predicted octanol–water partition coefficient (Wildman–Crippen LogP) is 12.6. The van der Waals surface area contributed by atoms with Crippen LogP contribution in [0.15, 0.2) is 12.2 Å². The van der Waals surface area contributed by atoms with Gasteiger partial charge >= 0.3 is 5.97 Å². The number of hydrogen-bond acceptors (Lipinski definition) is 5. The van der Waals surface area contributed by atoms with E-state index < -0.39 is 18.2 Å². The highest BCUT2D eigenvalue weighted by molar-refractivity contribution is 5.77. The molecule has 3 unspecified atom stereocenters. The summed E-state index contributed by atoms with van der Waals surface area (Å²) in [5.74, 6) is -0.480. The van der Waals surface area contributed by atoms with Crippen molar-refractivity contribution in [3.8, 4) is 0 Å². The van der Waals surface area contributed by atoms with Gasteiger partial charge < -0.3 is 20.3 Å². The summed E-state index contributed by atoms with van der Waals surface area (Å²) in [6, 6.07) is -0.693. The van der Waals surface area contributed by atoms with Crippen molar-refractivity contribution < 1.29 is 24.5 Å². The van der Waals surface area contributed by atoms with Crippen LogP contribution in [0.1, 0.15) is 239 Å². The molecule has 51 heavy (non-hydrogen) atoms. The Labute approximate surface area is 317 Å². The number of esters is 1. The van der Waals surface area contributed by atoms with E-state index in [9.17, 15) is 19.8 Å². The number of carbonyl (C=O) groups is 2. The van der Waals surface area contributed by atoms with Crippen LogP contribution >= 0.6 is 0 Å². The molecule has 0 aliphatic carbocycles. The first kappa shape index (κ1) is 49.6. The van der Waals surface area contributed by atoms with Gasteiger partial charge in [0, 0.05) is 6.42 Å². The number of rotatable bonds is 40. The highest BCUT2D eigenvalue weighted by Gasteiger charge is 2.24. The molecular formula is C45H87NO5. The first-order chi connectivity index (χ1) is 25.0. The van der Waals surface area contributed by atoms with E-state index in [1.165, 1.54) is 141 Å². The summed E-state index contributed by atoms with van der Waals surface area (Å²) in [6.45, 7) is 6.42. The van der Waals surface area contributed by atoms with E-state index in [0.29, 0.717) is 19.3 Å². The Balaban J connectivity index is 4.47. The third-order valence-electron chi connectivity index (χ3n) is 10.3. The Bertz CT molecular complexity index is 772. The summed E-state index contributed by atoms with van der Waals surface area (Å²) < 4.78 is 5.87. The summed E-state index contributed by atoms with van der Waals surface area (Å²) in [5, 5.41) is 23.6. The molecule has 0 radical (unpaired) electrons. The standard InChI is InChI=1S/C45H87NO5/c1-4-7-10-13-16-19-21-22-24-25-28-31-34-37-43(48)42(40-47)46-44(49)39-41(36-33-30-27-18-15-12-9-6-3)51-45(50)38-35-32-29-26-23-20-17-14-11-8-5-2/h14,17,41-43,47-48H,4-13,15-16,18-40H2,1-3H3,(H,46,49)/b17-14-. The fraction of sp³-hybridized carbons (Fsp3) is 0.911. The van der Waals surface area contributed by atoms with Gasteiger partial charge in [-0.1, -0.05) is 193 Å². The number of carbonyl (C=O) groups excluding carboxylic acids is 2. The van der Waals surface area contributed by atoms with Gasteiger partial charge in [0.25, 0.3) is 0 Å². The average Bonchev–Trinajstić information content (AvgIpc) is 3.12. The normalized spacial score (nSPS) is 13.4. The van der Waals surface area contributed by atoms with Gasteiger partial charge in [0.05, 0.1) is 25.2 Å². The van der Waals surface area contributed by atoms with Crippen molar-refractivity contribution >= 4 is 11.9 Å². The van der Waals surface area contributed by atoms with Crippen LogP contribution in [-0.2, 0) is 14.3 Å². The van der Waals surface area contributed by atoms with E-state index in [2.05, 4.69) is 38.2 Å². The second-order valence-electron chi connectivity index (χ2n) is 15.5. The number of unbranched alkanes of at least 4 members (excludes halogenated alkanes) is 26. The quantitative estimate of drug-likeness (QED) is 0.0332. The van der Waals surface area contributed by atoms with Gasteiger partial charge in [0.2, 0.25) is 5.91 Å². The molecule has 3 N–H and O–H groups in total. The Hall–Kier alpha value is -1.40. The molecule has 6 nitrogen and oxygen atoms in total. The lowest BCUT2D eigenvalue weighted by Crippen LogP contribution is -2.46. The van der Waals surface area contributed by atoms with E-state index in [-0.39, 0.29) is 24.9 Å². The number of nitrogens with one attached hydrogen (secondary N) is 1. The number of aliphatic hydroxyl groups excluding tert-OH is 2. The SMILES string of the molecule is CCCC/C=C\CCCCCCCC(=O)OC(CCCCCCCCCC)CC(=O)NC(CO)C(O)CCCCCCCCCCCCCCC. The van der Waals surface area contributed by atoms with Gasteiger partial charge in [-0.15, -0.1) is 0 Å². The fourth-order valence-corrected chi connectivity index (χ4v) is 6.88. The van der Waals surface area contributed by atoms with Crippen molar-refractivity contribution in [3.63, 3.8) is 0 Å². The lowest BCUT2D eigenvalue weighted by molar-refractivity contribution is -0.151. The summed E-state index contributed by atoms with van der Waals surface area (Å²) >= 11 is 0.